The number of aliphatic carboxylic acids is 1. The zero-order valence-electron chi connectivity index (χ0n) is 9.82. The maximum atomic E-state index is 11.2. The van der Waals surface area contributed by atoms with Crippen LogP contribution >= 0.6 is 11.8 Å². The molecular formula is C10H18N2O4S. The lowest BCUT2D eigenvalue weighted by molar-refractivity contribution is -0.134. The Labute approximate surface area is 105 Å². The summed E-state index contributed by atoms with van der Waals surface area (Å²) in [5, 5.41) is 13.4. The fourth-order valence-corrected chi connectivity index (χ4v) is 1.54. The van der Waals surface area contributed by atoms with Gasteiger partial charge in [0.05, 0.1) is 12.3 Å². The third kappa shape index (κ3) is 11.0. The average molecular weight is 262 g/mol. The molecule has 0 radical (unpaired) electrons. The van der Waals surface area contributed by atoms with E-state index in [0.717, 1.165) is 6.42 Å². The van der Waals surface area contributed by atoms with Crippen LogP contribution in [0.3, 0.4) is 0 Å². The highest BCUT2D eigenvalue weighted by molar-refractivity contribution is 7.99. The Balaban J connectivity index is 3.40. The minimum absolute atomic E-state index is 0.0254. The first-order valence-corrected chi connectivity index (χ1v) is 6.54. The van der Waals surface area contributed by atoms with Crippen molar-refractivity contribution < 1.29 is 19.5 Å². The largest absolute Gasteiger partial charge is 0.481 e. The molecule has 0 spiro atoms. The highest BCUT2D eigenvalue weighted by Crippen LogP contribution is 1.96. The van der Waals surface area contributed by atoms with Crippen molar-refractivity contribution in [2.24, 2.45) is 0 Å². The van der Waals surface area contributed by atoms with Gasteiger partial charge >= 0.3 is 5.97 Å². The molecule has 6 nitrogen and oxygen atoms in total. The SMILES string of the molecule is CCCC(=O)NCC(=O)NCCSCC(=O)O. The van der Waals surface area contributed by atoms with E-state index in [1.165, 1.54) is 11.8 Å². The van der Waals surface area contributed by atoms with Crippen LogP contribution in [0, 0.1) is 0 Å². The van der Waals surface area contributed by atoms with E-state index in [0.29, 0.717) is 18.7 Å². The van der Waals surface area contributed by atoms with Crippen LogP contribution in [0.15, 0.2) is 0 Å². The smallest absolute Gasteiger partial charge is 0.313 e. The zero-order valence-corrected chi connectivity index (χ0v) is 10.6. The topological polar surface area (TPSA) is 95.5 Å². The first kappa shape index (κ1) is 15.8. The summed E-state index contributed by atoms with van der Waals surface area (Å²) in [6.07, 6.45) is 1.17. The molecule has 0 aromatic heterocycles. The lowest BCUT2D eigenvalue weighted by Crippen LogP contribution is -2.37. The molecule has 7 heteroatoms. The number of hydrogen-bond donors (Lipinski definition) is 3. The number of amides is 2. The van der Waals surface area contributed by atoms with Gasteiger partial charge in [0.1, 0.15) is 0 Å². The molecule has 0 aromatic carbocycles. The number of carboxylic acids is 1. The molecule has 0 rings (SSSR count). The van der Waals surface area contributed by atoms with Gasteiger partial charge in [-0.05, 0) is 6.42 Å². The van der Waals surface area contributed by atoms with Gasteiger partial charge in [0, 0.05) is 18.7 Å². The highest BCUT2D eigenvalue weighted by atomic mass is 32.2. The van der Waals surface area contributed by atoms with Crippen LogP contribution in [0.1, 0.15) is 19.8 Å². The number of carboxylic acid groups (broad SMARTS) is 1. The molecule has 0 heterocycles. The van der Waals surface area contributed by atoms with Crippen LogP contribution < -0.4 is 10.6 Å². The summed E-state index contributed by atoms with van der Waals surface area (Å²) in [5.41, 5.74) is 0. The van der Waals surface area contributed by atoms with Crippen molar-refractivity contribution in [3.8, 4) is 0 Å². The Kier molecular flexibility index (Phi) is 9.22. The number of rotatable bonds is 9. The molecule has 0 bridgehead atoms. The van der Waals surface area contributed by atoms with Crippen molar-refractivity contribution in [3.63, 3.8) is 0 Å². The second kappa shape index (κ2) is 9.95. The fraction of sp³-hybridized carbons (Fsp3) is 0.700. The Hall–Kier alpha value is -1.24. The Morgan fingerprint density at radius 2 is 1.88 bits per heavy atom. The van der Waals surface area contributed by atoms with Crippen molar-refractivity contribution in [1.29, 1.82) is 0 Å². The standard InChI is InChI=1S/C10H18N2O4S/c1-2-3-8(13)12-6-9(14)11-4-5-17-7-10(15)16/h2-7H2,1H3,(H,11,14)(H,12,13)(H,15,16). The van der Waals surface area contributed by atoms with Crippen molar-refractivity contribution in [1.82, 2.24) is 10.6 Å². The zero-order chi connectivity index (χ0) is 13.1. The van der Waals surface area contributed by atoms with Crippen molar-refractivity contribution in [3.05, 3.63) is 0 Å². The van der Waals surface area contributed by atoms with E-state index < -0.39 is 5.97 Å². The van der Waals surface area contributed by atoms with E-state index in [9.17, 15) is 14.4 Å². The van der Waals surface area contributed by atoms with E-state index in [4.69, 9.17) is 5.11 Å². The summed E-state index contributed by atoms with van der Waals surface area (Å²) in [6, 6.07) is 0. The van der Waals surface area contributed by atoms with Crippen LogP contribution in [0.2, 0.25) is 0 Å². The van der Waals surface area contributed by atoms with Crippen molar-refractivity contribution in [2.75, 3.05) is 24.6 Å². The third-order valence-electron chi connectivity index (χ3n) is 1.72. The molecule has 0 aliphatic rings. The number of carbonyl (C=O) groups is 3. The minimum atomic E-state index is -0.867. The predicted octanol–water partition coefficient (Wildman–Crippen LogP) is -0.163. The summed E-state index contributed by atoms with van der Waals surface area (Å²) in [5.74, 6) is -0.689. The summed E-state index contributed by atoms with van der Waals surface area (Å²) in [6.45, 7) is 2.27. The molecule has 0 fully saturated rings. The molecule has 0 aromatic rings. The fourth-order valence-electron chi connectivity index (χ4n) is 0.979. The van der Waals surface area contributed by atoms with Crippen LogP contribution in [-0.2, 0) is 14.4 Å². The molecule has 0 atom stereocenters. The summed E-state index contributed by atoms with van der Waals surface area (Å²) in [4.78, 5) is 32.4. The molecule has 98 valence electrons. The van der Waals surface area contributed by atoms with Gasteiger partial charge in [-0.15, -0.1) is 11.8 Å². The Bertz CT molecular complexity index is 271. The number of carbonyl (C=O) groups excluding carboxylic acids is 2. The molecule has 0 aliphatic heterocycles. The quantitative estimate of drug-likeness (QED) is 0.502. The van der Waals surface area contributed by atoms with Crippen LogP contribution in [0.25, 0.3) is 0 Å². The van der Waals surface area contributed by atoms with Gasteiger partial charge in [-0.25, -0.2) is 0 Å². The summed E-state index contributed by atoms with van der Waals surface area (Å²) >= 11 is 1.23. The van der Waals surface area contributed by atoms with Gasteiger partial charge in [0.15, 0.2) is 0 Å². The van der Waals surface area contributed by atoms with Gasteiger partial charge in [-0.1, -0.05) is 6.92 Å². The maximum absolute atomic E-state index is 11.2. The molecule has 0 aliphatic carbocycles. The second-order valence-corrected chi connectivity index (χ2v) is 4.43. The monoisotopic (exact) mass is 262 g/mol. The van der Waals surface area contributed by atoms with Crippen LogP contribution in [0.4, 0.5) is 0 Å². The van der Waals surface area contributed by atoms with Crippen molar-refractivity contribution in [2.45, 2.75) is 19.8 Å². The second-order valence-electron chi connectivity index (χ2n) is 3.32. The van der Waals surface area contributed by atoms with Gasteiger partial charge in [-0.3, -0.25) is 14.4 Å². The lowest BCUT2D eigenvalue weighted by atomic mass is 10.3. The van der Waals surface area contributed by atoms with Gasteiger partial charge < -0.3 is 15.7 Å². The van der Waals surface area contributed by atoms with Crippen LogP contribution in [-0.4, -0.2) is 47.5 Å². The first-order chi connectivity index (χ1) is 8.06. The molecule has 17 heavy (non-hydrogen) atoms. The number of thioether (sulfide) groups is 1. The van der Waals surface area contributed by atoms with Crippen molar-refractivity contribution >= 4 is 29.5 Å². The average Bonchev–Trinajstić information content (AvgIpc) is 2.26. The van der Waals surface area contributed by atoms with Gasteiger partial charge in [-0.2, -0.15) is 0 Å². The van der Waals surface area contributed by atoms with E-state index in [1.807, 2.05) is 6.92 Å². The summed E-state index contributed by atoms with van der Waals surface area (Å²) in [7, 11) is 0. The maximum Gasteiger partial charge on any atom is 0.313 e. The van der Waals surface area contributed by atoms with E-state index in [2.05, 4.69) is 10.6 Å². The first-order valence-electron chi connectivity index (χ1n) is 5.39. The molecule has 2 amide bonds. The lowest BCUT2D eigenvalue weighted by Gasteiger charge is -2.05. The normalized spacial score (nSPS) is 9.71. The van der Waals surface area contributed by atoms with E-state index in [-0.39, 0.29) is 24.1 Å². The van der Waals surface area contributed by atoms with E-state index in [1.54, 1.807) is 0 Å². The van der Waals surface area contributed by atoms with Gasteiger partial charge in [0.2, 0.25) is 11.8 Å². The predicted molar refractivity (Wildman–Crippen MR) is 65.9 cm³/mol. The molecule has 0 saturated heterocycles. The molecule has 0 unspecified atom stereocenters. The summed E-state index contributed by atoms with van der Waals surface area (Å²) < 4.78 is 0. The van der Waals surface area contributed by atoms with Gasteiger partial charge in [0.25, 0.3) is 0 Å². The third-order valence-corrected chi connectivity index (χ3v) is 2.66. The Morgan fingerprint density at radius 1 is 1.18 bits per heavy atom. The molecular weight excluding hydrogens is 244 g/mol. The Morgan fingerprint density at radius 3 is 2.47 bits per heavy atom. The minimum Gasteiger partial charge on any atom is -0.481 e. The molecule has 3 N–H and O–H groups in total. The highest BCUT2D eigenvalue weighted by Gasteiger charge is 2.04. The number of nitrogens with one attached hydrogen (secondary N) is 2. The molecule has 0 saturated carbocycles. The van der Waals surface area contributed by atoms with Crippen LogP contribution in [0.5, 0.6) is 0 Å². The van der Waals surface area contributed by atoms with E-state index >= 15 is 0 Å². The number of hydrogen-bond acceptors (Lipinski definition) is 4.